The molecule has 8 heteroatoms. The van der Waals surface area contributed by atoms with E-state index in [0.717, 1.165) is 23.0 Å². The molecule has 0 spiro atoms. The van der Waals surface area contributed by atoms with Crippen molar-refractivity contribution in [1.29, 1.82) is 0 Å². The molecule has 0 aliphatic carbocycles. The molecular weight excluding hydrogens is 424 g/mol. The molecule has 1 amide bonds. The first-order valence-corrected chi connectivity index (χ1v) is 10.8. The number of aromatic nitrogens is 2. The lowest BCUT2D eigenvalue weighted by atomic mass is 10.2. The second-order valence-corrected chi connectivity index (χ2v) is 7.96. The van der Waals surface area contributed by atoms with Gasteiger partial charge >= 0.3 is 0 Å². The number of phenols is 1. The van der Waals surface area contributed by atoms with Crippen LogP contribution >= 0.6 is 11.8 Å². The minimum atomic E-state index is -0.342. The molecule has 7 nitrogen and oxygen atoms in total. The van der Waals surface area contributed by atoms with Gasteiger partial charge in [-0.15, -0.1) is 0 Å². The highest BCUT2D eigenvalue weighted by molar-refractivity contribution is 7.99. The molecule has 4 rings (SSSR count). The van der Waals surface area contributed by atoms with Gasteiger partial charge in [-0.05, 0) is 48.4 Å². The van der Waals surface area contributed by atoms with Crippen LogP contribution in [0.25, 0.3) is 16.6 Å². The van der Waals surface area contributed by atoms with E-state index >= 15 is 0 Å². The first kappa shape index (κ1) is 21.3. The van der Waals surface area contributed by atoms with Crippen LogP contribution in [-0.4, -0.2) is 32.5 Å². The molecule has 0 aliphatic rings. The summed E-state index contributed by atoms with van der Waals surface area (Å²) in [5.41, 5.74) is 5.15. The van der Waals surface area contributed by atoms with E-state index in [1.807, 2.05) is 37.3 Å². The van der Waals surface area contributed by atoms with Crippen molar-refractivity contribution in [3.63, 3.8) is 0 Å². The molecule has 0 unspecified atom stereocenters. The van der Waals surface area contributed by atoms with Crippen molar-refractivity contribution in [2.24, 2.45) is 5.10 Å². The minimum Gasteiger partial charge on any atom is -0.508 e. The third kappa shape index (κ3) is 4.70. The molecule has 0 bridgehead atoms. The summed E-state index contributed by atoms with van der Waals surface area (Å²) in [6.07, 6.45) is 1.44. The van der Waals surface area contributed by atoms with E-state index in [1.165, 1.54) is 12.3 Å². The molecule has 2 N–H and O–H groups in total. The Morgan fingerprint density at radius 3 is 2.72 bits per heavy atom. The predicted octanol–water partition coefficient (Wildman–Crippen LogP) is 3.64. The van der Waals surface area contributed by atoms with Crippen molar-refractivity contribution < 1.29 is 9.90 Å². The lowest BCUT2D eigenvalue weighted by molar-refractivity contribution is -0.118. The number of rotatable bonds is 6. The van der Waals surface area contributed by atoms with Gasteiger partial charge in [-0.2, -0.15) is 5.10 Å². The maximum Gasteiger partial charge on any atom is 0.266 e. The average molecular weight is 445 g/mol. The molecular formula is C24H20N4O3S. The van der Waals surface area contributed by atoms with Crippen molar-refractivity contribution in [3.05, 3.63) is 94.3 Å². The number of aromatic hydroxyl groups is 1. The van der Waals surface area contributed by atoms with E-state index in [0.29, 0.717) is 21.6 Å². The fourth-order valence-corrected chi connectivity index (χ4v) is 3.98. The number of fused-ring (bicyclic) bond motifs is 1. The number of hydrazone groups is 1. The van der Waals surface area contributed by atoms with Gasteiger partial charge in [0.05, 0.1) is 28.6 Å². The smallest absolute Gasteiger partial charge is 0.266 e. The Balaban J connectivity index is 1.58. The average Bonchev–Trinajstić information content (AvgIpc) is 2.79. The highest BCUT2D eigenvalue weighted by Crippen LogP contribution is 2.23. The van der Waals surface area contributed by atoms with Gasteiger partial charge in [-0.3, -0.25) is 14.2 Å². The number of nitrogens with zero attached hydrogens (tertiary/aromatic N) is 3. The van der Waals surface area contributed by atoms with E-state index in [2.05, 4.69) is 15.5 Å². The van der Waals surface area contributed by atoms with Crippen molar-refractivity contribution in [1.82, 2.24) is 15.0 Å². The molecule has 160 valence electrons. The lowest BCUT2D eigenvalue weighted by Gasteiger charge is -2.14. The summed E-state index contributed by atoms with van der Waals surface area (Å²) in [5, 5.41) is 14.3. The number of thioether (sulfide) groups is 1. The summed E-state index contributed by atoms with van der Waals surface area (Å²) in [6.45, 7) is 1.92. The Morgan fingerprint density at radius 1 is 1.12 bits per heavy atom. The van der Waals surface area contributed by atoms with Gasteiger partial charge in [0.2, 0.25) is 0 Å². The van der Waals surface area contributed by atoms with Crippen molar-refractivity contribution in [2.75, 3.05) is 5.75 Å². The molecule has 0 saturated heterocycles. The third-order valence-corrected chi connectivity index (χ3v) is 5.65. The summed E-state index contributed by atoms with van der Waals surface area (Å²) in [4.78, 5) is 30.2. The molecule has 0 aliphatic heterocycles. The van der Waals surface area contributed by atoms with Gasteiger partial charge in [-0.25, -0.2) is 10.4 Å². The minimum absolute atomic E-state index is 0.0219. The summed E-state index contributed by atoms with van der Waals surface area (Å²) >= 11 is 1.16. The van der Waals surface area contributed by atoms with Crippen molar-refractivity contribution in [2.45, 2.75) is 12.1 Å². The van der Waals surface area contributed by atoms with E-state index in [-0.39, 0.29) is 23.0 Å². The van der Waals surface area contributed by atoms with Gasteiger partial charge in [0, 0.05) is 0 Å². The Labute approximate surface area is 188 Å². The fraction of sp³-hybridized carbons (Fsp3) is 0.0833. The summed E-state index contributed by atoms with van der Waals surface area (Å²) in [6, 6.07) is 21.2. The molecule has 0 atom stereocenters. The van der Waals surface area contributed by atoms with Gasteiger partial charge in [0.15, 0.2) is 5.16 Å². The fourth-order valence-electron chi connectivity index (χ4n) is 3.18. The maximum atomic E-state index is 13.3. The first-order chi connectivity index (χ1) is 15.5. The van der Waals surface area contributed by atoms with Crippen LogP contribution in [0.2, 0.25) is 0 Å². The van der Waals surface area contributed by atoms with Crippen LogP contribution < -0.4 is 11.0 Å². The number of carbonyl (C=O) groups excluding carboxylic acids is 1. The van der Waals surface area contributed by atoms with Crippen LogP contribution in [-0.2, 0) is 4.79 Å². The van der Waals surface area contributed by atoms with Crippen LogP contribution in [0.1, 0.15) is 11.1 Å². The molecule has 0 saturated carbocycles. The van der Waals surface area contributed by atoms with Gasteiger partial charge in [0.25, 0.3) is 11.5 Å². The zero-order chi connectivity index (χ0) is 22.5. The Bertz CT molecular complexity index is 1380. The highest BCUT2D eigenvalue weighted by atomic mass is 32.2. The second-order valence-electron chi connectivity index (χ2n) is 7.02. The van der Waals surface area contributed by atoms with E-state index in [1.54, 1.807) is 41.0 Å². The number of hydrogen-bond acceptors (Lipinski definition) is 6. The molecule has 32 heavy (non-hydrogen) atoms. The standard InChI is InChI=1S/C24H20N4O3S/c1-16-7-2-5-12-21(16)28-23(31)19-10-3-4-11-20(19)26-24(28)32-15-22(30)27-25-14-17-8-6-9-18(29)13-17/h2-14,29H,15H2,1H3,(H,27,30)/b25-14+. The number of hydrogen-bond donors (Lipinski definition) is 2. The Morgan fingerprint density at radius 2 is 1.91 bits per heavy atom. The van der Waals surface area contributed by atoms with Crippen LogP contribution in [0, 0.1) is 6.92 Å². The van der Waals surface area contributed by atoms with Crippen LogP contribution in [0.4, 0.5) is 0 Å². The Kier molecular flexibility index (Phi) is 6.32. The second kappa shape index (κ2) is 9.49. The zero-order valence-electron chi connectivity index (χ0n) is 17.2. The molecule has 3 aromatic carbocycles. The van der Waals surface area contributed by atoms with E-state index in [4.69, 9.17) is 0 Å². The molecule has 1 aromatic heterocycles. The van der Waals surface area contributed by atoms with Crippen molar-refractivity contribution in [3.8, 4) is 11.4 Å². The number of aryl methyl sites for hydroxylation is 1. The summed E-state index contributed by atoms with van der Waals surface area (Å²) < 4.78 is 1.55. The van der Waals surface area contributed by atoms with Crippen LogP contribution in [0.3, 0.4) is 0 Å². The zero-order valence-corrected chi connectivity index (χ0v) is 18.0. The van der Waals surface area contributed by atoms with Gasteiger partial charge in [-0.1, -0.05) is 54.2 Å². The number of nitrogens with one attached hydrogen (secondary N) is 1. The number of carbonyl (C=O) groups is 1. The van der Waals surface area contributed by atoms with Gasteiger partial charge in [0.1, 0.15) is 5.75 Å². The SMILES string of the molecule is Cc1ccccc1-n1c(SCC(=O)N/N=C/c2cccc(O)c2)nc2ccccc2c1=O. The first-order valence-electron chi connectivity index (χ1n) is 9.84. The Hall–Kier alpha value is -3.91. The van der Waals surface area contributed by atoms with Crippen LogP contribution in [0.15, 0.2) is 87.8 Å². The molecule has 0 radical (unpaired) electrons. The number of amides is 1. The lowest BCUT2D eigenvalue weighted by Crippen LogP contribution is -2.24. The monoisotopic (exact) mass is 444 g/mol. The number of para-hydroxylation sites is 2. The largest absolute Gasteiger partial charge is 0.508 e. The summed E-state index contributed by atoms with van der Waals surface area (Å²) in [7, 11) is 0. The maximum absolute atomic E-state index is 13.3. The highest BCUT2D eigenvalue weighted by Gasteiger charge is 2.15. The van der Waals surface area contributed by atoms with Crippen LogP contribution in [0.5, 0.6) is 5.75 Å². The van der Waals surface area contributed by atoms with Gasteiger partial charge < -0.3 is 5.11 Å². The van der Waals surface area contributed by atoms with E-state index < -0.39 is 0 Å². The number of benzene rings is 3. The third-order valence-electron chi connectivity index (χ3n) is 4.71. The predicted molar refractivity (Wildman–Crippen MR) is 127 cm³/mol. The molecule has 1 heterocycles. The van der Waals surface area contributed by atoms with Crippen molar-refractivity contribution >= 4 is 34.8 Å². The molecule has 4 aromatic rings. The summed E-state index contributed by atoms with van der Waals surface area (Å²) in [5.74, 6) is -0.203. The topological polar surface area (TPSA) is 96.6 Å². The normalized spacial score (nSPS) is 11.2. The van der Waals surface area contributed by atoms with E-state index in [9.17, 15) is 14.7 Å². The number of phenolic OH excluding ortho intramolecular Hbond substituents is 1. The molecule has 0 fully saturated rings. The quantitative estimate of drug-likeness (QED) is 0.205.